The molecule has 0 radical (unpaired) electrons. The molecule has 5 heteroatoms. The van der Waals surface area contributed by atoms with Gasteiger partial charge in [-0.05, 0) is 54.3 Å². The fraction of sp³-hybridized carbons (Fsp3) is 0.364. The second kappa shape index (κ2) is 8.35. The molecule has 1 aromatic carbocycles. The van der Waals surface area contributed by atoms with Crippen LogP contribution in [0.2, 0.25) is 0 Å². The Kier molecular flexibility index (Phi) is 5.91. The maximum atomic E-state index is 6.46. The van der Waals surface area contributed by atoms with Gasteiger partial charge in [0.25, 0.3) is 0 Å². The number of nitrogens with one attached hydrogen (secondary N) is 2. The second-order valence-corrected chi connectivity index (χ2v) is 7.04. The average molecular weight is 366 g/mol. The number of aryl methyl sites for hydroxylation is 1. The van der Waals surface area contributed by atoms with Crippen molar-refractivity contribution < 1.29 is 0 Å². The SMILES string of the molecule is C=CC1=C(/C=C(\N)N(C)c2ccc(C3=CCNCC3)cc2CC)N(C)CN1. The molecule has 2 heterocycles. The highest BCUT2D eigenvalue weighted by Crippen LogP contribution is 2.29. The van der Waals surface area contributed by atoms with E-state index < -0.39 is 0 Å². The van der Waals surface area contributed by atoms with E-state index in [0.717, 1.165) is 49.7 Å². The quantitative estimate of drug-likeness (QED) is 0.724. The Labute approximate surface area is 162 Å². The normalized spacial score (nSPS) is 17.7. The second-order valence-electron chi connectivity index (χ2n) is 7.04. The van der Waals surface area contributed by atoms with Crippen molar-refractivity contribution in [2.75, 3.05) is 38.8 Å². The zero-order valence-corrected chi connectivity index (χ0v) is 16.7. The minimum atomic E-state index is 0.712. The molecule has 0 atom stereocenters. The molecule has 1 aromatic rings. The molecule has 0 amide bonds. The van der Waals surface area contributed by atoms with Crippen LogP contribution in [-0.2, 0) is 6.42 Å². The van der Waals surface area contributed by atoms with Crippen LogP contribution in [0.4, 0.5) is 5.69 Å². The van der Waals surface area contributed by atoms with Gasteiger partial charge in [-0.15, -0.1) is 0 Å². The van der Waals surface area contributed by atoms with Crippen LogP contribution in [0.1, 0.15) is 24.5 Å². The Balaban J connectivity index is 1.89. The fourth-order valence-corrected chi connectivity index (χ4v) is 3.61. The minimum Gasteiger partial charge on any atom is -0.385 e. The first-order valence-electron chi connectivity index (χ1n) is 9.60. The molecule has 4 N–H and O–H groups in total. The van der Waals surface area contributed by atoms with E-state index in [0.29, 0.717) is 5.82 Å². The van der Waals surface area contributed by atoms with Gasteiger partial charge in [-0.25, -0.2) is 0 Å². The van der Waals surface area contributed by atoms with Crippen LogP contribution in [0.3, 0.4) is 0 Å². The smallest absolute Gasteiger partial charge is 0.105 e. The molecular formula is C22H31N5. The van der Waals surface area contributed by atoms with E-state index >= 15 is 0 Å². The van der Waals surface area contributed by atoms with E-state index in [4.69, 9.17) is 5.73 Å². The Morgan fingerprint density at radius 1 is 1.41 bits per heavy atom. The molecule has 144 valence electrons. The first-order valence-corrected chi connectivity index (χ1v) is 9.60. The Morgan fingerprint density at radius 3 is 2.89 bits per heavy atom. The number of hydrogen-bond donors (Lipinski definition) is 3. The van der Waals surface area contributed by atoms with Crippen LogP contribution in [0.5, 0.6) is 0 Å². The summed E-state index contributed by atoms with van der Waals surface area (Å²) in [6.07, 6.45) is 8.19. The number of allylic oxidation sites excluding steroid dienone is 2. The largest absolute Gasteiger partial charge is 0.385 e. The molecule has 0 aromatic heterocycles. The van der Waals surface area contributed by atoms with E-state index in [9.17, 15) is 0 Å². The molecule has 5 nitrogen and oxygen atoms in total. The summed E-state index contributed by atoms with van der Waals surface area (Å²) >= 11 is 0. The Bertz CT molecular complexity index is 803. The van der Waals surface area contributed by atoms with Crippen molar-refractivity contribution in [2.24, 2.45) is 5.73 Å². The molecule has 0 bridgehead atoms. The number of benzene rings is 1. The summed E-state index contributed by atoms with van der Waals surface area (Å²) in [4.78, 5) is 4.20. The van der Waals surface area contributed by atoms with Crippen molar-refractivity contribution in [1.82, 2.24) is 15.5 Å². The molecule has 2 aliphatic heterocycles. The zero-order valence-electron chi connectivity index (χ0n) is 16.7. The molecular weight excluding hydrogens is 334 g/mol. The summed E-state index contributed by atoms with van der Waals surface area (Å²) in [5, 5.41) is 6.69. The molecule has 0 saturated carbocycles. The lowest BCUT2D eigenvalue weighted by molar-refractivity contribution is 0.452. The van der Waals surface area contributed by atoms with Gasteiger partial charge in [0.05, 0.1) is 18.1 Å². The molecule has 3 rings (SSSR count). The first-order chi connectivity index (χ1) is 13.0. The molecule has 0 aliphatic carbocycles. The highest BCUT2D eigenvalue weighted by molar-refractivity contribution is 5.71. The van der Waals surface area contributed by atoms with Gasteiger partial charge < -0.3 is 26.2 Å². The average Bonchev–Trinajstić information content (AvgIpc) is 3.07. The maximum Gasteiger partial charge on any atom is 0.105 e. The van der Waals surface area contributed by atoms with Gasteiger partial charge in [-0.2, -0.15) is 0 Å². The summed E-state index contributed by atoms with van der Waals surface area (Å²) in [5.41, 5.74) is 13.7. The number of anilines is 1. The van der Waals surface area contributed by atoms with Gasteiger partial charge in [-0.1, -0.05) is 25.6 Å². The van der Waals surface area contributed by atoms with Crippen molar-refractivity contribution in [1.29, 1.82) is 0 Å². The van der Waals surface area contributed by atoms with Crippen LogP contribution in [-0.4, -0.2) is 38.8 Å². The number of nitrogens with zero attached hydrogens (tertiary/aromatic N) is 2. The van der Waals surface area contributed by atoms with Gasteiger partial charge in [0.2, 0.25) is 0 Å². The van der Waals surface area contributed by atoms with Crippen LogP contribution in [0.15, 0.2) is 60.2 Å². The summed E-state index contributed by atoms with van der Waals surface area (Å²) < 4.78 is 0. The lowest BCUT2D eigenvalue weighted by Gasteiger charge is -2.25. The monoisotopic (exact) mass is 365 g/mol. The third-order valence-corrected chi connectivity index (χ3v) is 5.33. The highest BCUT2D eigenvalue weighted by Gasteiger charge is 2.17. The van der Waals surface area contributed by atoms with E-state index in [1.165, 1.54) is 16.7 Å². The predicted octanol–water partition coefficient (Wildman–Crippen LogP) is 2.75. The van der Waals surface area contributed by atoms with Gasteiger partial charge in [-0.3, -0.25) is 0 Å². The van der Waals surface area contributed by atoms with Crippen LogP contribution >= 0.6 is 0 Å². The van der Waals surface area contributed by atoms with Gasteiger partial charge in [0.1, 0.15) is 5.82 Å². The van der Waals surface area contributed by atoms with E-state index in [1.54, 1.807) is 0 Å². The molecule has 0 fully saturated rings. The number of nitrogens with two attached hydrogens (primary N) is 1. The molecule has 2 aliphatic rings. The minimum absolute atomic E-state index is 0.712. The summed E-state index contributed by atoms with van der Waals surface area (Å²) in [7, 11) is 4.07. The lowest BCUT2D eigenvalue weighted by atomic mass is 9.96. The van der Waals surface area contributed by atoms with Crippen LogP contribution in [0, 0.1) is 0 Å². The maximum absolute atomic E-state index is 6.46. The third kappa shape index (κ3) is 4.03. The van der Waals surface area contributed by atoms with E-state index in [-0.39, 0.29) is 0 Å². The standard InChI is InChI=1S/C22H31N5/c1-5-16-13-18(17-9-11-24-12-10-17)7-8-20(16)27(4)22(23)14-21-19(6-2)25-15-26(21)3/h6-9,13-14,24-25H,2,5,10-12,15,23H2,1,3-4H3/b22-14+. The van der Waals surface area contributed by atoms with E-state index in [2.05, 4.69) is 58.2 Å². The summed E-state index contributed by atoms with van der Waals surface area (Å²) in [6, 6.07) is 6.72. The zero-order chi connectivity index (χ0) is 19.4. The van der Waals surface area contributed by atoms with Crippen molar-refractivity contribution >= 4 is 11.3 Å². The molecule has 0 saturated heterocycles. The molecule has 0 spiro atoms. The highest BCUT2D eigenvalue weighted by atomic mass is 15.3. The Morgan fingerprint density at radius 2 is 2.22 bits per heavy atom. The van der Waals surface area contributed by atoms with Crippen molar-refractivity contribution in [3.05, 3.63) is 71.3 Å². The van der Waals surface area contributed by atoms with Crippen LogP contribution in [0.25, 0.3) is 5.57 Å². The predicted molar refractivity (Wildman–Crippen MR) is 115 cm³/mol. The summed E-state index contributed by atoms with van der Waals surface area (Å²) in [6.45, 7) is 8.84. The van der Waals surface area contributed by atoms with Gasteiger partial charge in [0.15, 0.2) is 0 Å². The van der Waals surface area contributed by atoms with Gasteiger partial charge in [0, 0.05) is 32.4 Å². The third-order valence-electron chi connectivity index (χ3n) is 5.33. The van der Waals surface area contributed by atoms with Gasteiger partial charge >= 0.3 is 0 Å². The van der Waals surface area contributed by atoms with E-state index in [1.807, 2.05) is 26.2 Å². The van der Waals surface area contributed by atoms with Crippen molar-refractivity contribution in [3.63, 3.8) is 0 Å². The number of hydrogen-bond acceptors (Lipinski definition) is 5. The molecule has 0 unspecified atom stereocenters. The first kappa shape index (κ1) is 19.1. The fourth-order valence-electron chi connectivity index (χ4n) is 3.61. The van der Waals surface area contributed by atoms with Crippen molar-refractivity contribution in [3.8, 4) is 0 Å². The number of rotatable bonds is 6. The van der Waals surface area contributed by atoms with Crippen LogP contribution < -0.4 is 21.3 Å². The molecule has 27 heavy (non-hydrogen) atoms. The Hall–Kier alpha value is -2.66. The lowest BCUT2D eigenvalue weighted by Crippen LogP contribution is -2.25. The number of likely N-dealkylation sites (N-methyl/N-ethyl adjacent to an activating group) is 1. The van der Waals surface area contributed by atoms with Crippen molar-refractivity contribution in [2.45, 2.75) is 19.8 Å². The summed E-state index contributed by atoms with van der Waals surface area (Å²) in [5.74, 6) is 0.712. The topological polar surface area (TPSA) is 56.6 Å².